The molecule has 0 aliphatic heterocycles. The Morgan fingerprint density at radius 3 is 3.10 bits per heavy atom. The summed E-state index contributed by atoms with van der Waals surface area (Å²) in [6.45, 7) is 2.60. The highest BCUT2D eigenvalue weighted by Gasteiger charge is 2.25. The first-order chi connectivity index (χ1) is 9.74. The fourth-order valence-corrected chi connectivity index (χ4v) is 2.36. The minimum absolute atomic E-state index is 0.0255. The molecule has 1 saturated carbocycles. The normalized spacial score (nSPS) is 15.1. The van der Waals surface area contributed by atoms with Gasteiger partial charge in [-0.1, -0.05) is 6.07 Å². The van der Waals surface area contributed by atoms with Gasteiger partial charge in [0.1, 0.15) is 5.65 Å². The number of nitrogens with zero attached hydrogens (tertiary/aromatic N) is 3. The molecule has 1 aliphatic rings. The lowest BCUT2D eigenvalue weighted by Crippen LogP contribution is -2.31. The molecular formula is C15H20N4O. The second-order valence-electron chi connectivity index (χ2n) is 5.40. The first-order valence-electron chi connectivity index (χ1n) is 7.12. The van der Waals surface area contributed by atoms with Crippen LogP contribution >= 0.6 is 0 Å². The third-order valence-corrected chi connectivity index (χ3v) is 3.74. The van der Waals surface area contributed by atoms with E-state index < -0.39 is 0 Å². The Kier molecular flexibility index (Phi) is 3.80. The fraction of sp³-hybridized carbons (Fsp3) is 0.467. The Morgan fingerprint density at radius 2 is 2.30 bits per heavy atom. The molecule has 0 saturated heterocycles. The standard InChI is InChI=1S/C15H20N4O/c1-18(13-5-6-13)9-7-16-11-12-10-15(20)19-8-3-2-4-14(19)17-12/h2-4,8,10,13,16H,5-7,9,11H2,1H3. The summed E-state index contributed by atoms with van der Waals surface area (Å²) < 4.78 is 1.56. The Balaban J connectivity index is 1.58. The second kappa shape index (κ2) is 5.73. The molecule has 2 aromatic rings. The van der Waals surface area contributed by atoms with Crippen LogP contribution in [0, 0.1) is 0 Å². The van der Waals surface area contributed by atoms with Crippen LogP contribution in [-0.4, -0.2) is 40.5 Å². The lowest BCUT2D eigenvalue weighted by atomic mass is 10.3. The summed E-state index contributed by atoms with van der Waals surface area (Å²) in [5, 5.41) is 3.35. The van der Waals surface area contributed by atoms with Crippen molar-refractivity contribution in [2.24, 2.45) is 0 Å². The number of rotatable bonds is 6. The molecule has 1 fully saturated rings. The van der Waals surface area contributed by atoms with Crippen LogP contribution < -0.4 is 10.9 Å². The van der Waals surface area contributed by atoms with Crippen LogP contribution in [0.15, 0.2) is 35.3 Å². The lowest BCUT2D eigenvalue weighted by molar-refractivity contribution is 0.321. The van der Waals surface area contributed by atoms with Crippen molar-refractivity contribution >= 4 is 5.65 Å². The third kappa shape index (κ3) is 3.05. The largest absolute Gasteiger partial charge is 0.310 e. The number of aromatic nitrogens is 2. The number of pyridine rings is 1. The second-order valence-corrected chi connectivity index (χ2v) is 5.40. The average molecular weight is 272 g/mol. The summed E-state index contributed by atoms with van der Waals surface area (Å²) in [4.78, 5) is 18.8. The summed E-state index contributed by atoms with van der Waals surface area (Å²) in [6, 6.07) is 7.97. The topological polar surface area (TPSA) is 49.6 Å². The van der Waals surface area contributed by atoms with Gasteiger partial charge in [0, 0.05) is 37.9 Å². The molecular weight excluding hydrogens is 252 g/mol. The van der Waals surface area contributed by atoms with Crippen molar-refractivity contribution in [3.63, 3.8) is 0 Å². The molecule has 1 N–H and O–H groups in total. The van der Waals surface area contributed by atoms with Crippen molar-refractivity contribution < 1.29 is 0 Å². The quantitative estimate of drug-likeness (QED) is 0.793. The molecule has 0 radical (unpaired) electrons. The SMILES string of the molecule is CN(CCNCc1cc(=O)n2ccccc2n1)C1CC1. The maximum absolute atomic E-state index is 11.9. The molecule has 0 bridgehead atoms. The molecule has 5 nitrogen and oxygen atoms in total. The van der Waals surface area contributed by atoms with Crippen LogP contribution in [0.1, 0.15) is 18.5 Å². The van der Waals surface area contributed by atoms with Gasteiger partial charge in [0.2, 0.25) is 0 Å². The zero-order valence-corrected chi connectivity index (χ0v) is 11.7. The molecule has 3 rings (SSSR count). The molecule has 0 atom stereocenters. The molecule has 1 aliphatic carbocycles. The van der Waals surface area contributed by atoms with Crippen LogP contribution in [0.5, 0.6) is 0 Å². The van der Waals surface area contributed by atoms with E-state index in [1.807, 2.05) is 18.2 Å². The summed E-state index contributed by atoms with van der Waals surface area (Å²) in [5.74, 6) is 0. The summed E-state index contributed by atoms with van der Waals surface area (Å²) >= 11 is 0. The number of likely N-dealkylation sites (N-methyl/N-ethyl adjacent to an activating group) is 1. The van der Waals surface area contributed by atoms with E-state index in [0.29, 0.717) is 12.2 Å². The van der Waals surface area contributed by atoms with Crippen molar-refractivity contribution in [1.29, 1.82) is 0 Å². The van der Waals surface area contributed by atoms with Crippen molar-refractivity contribution in [3.8, 4) is 0 Å². The van der Waals surface area contributed by atoms with E-state index in [2.05, 4.69) is 22.2 Å². The monoisotopic (exact) mass is 272 g/mol. The zero-order valence-electron chi connectivity index (χ0n) is 11.7. The highest BCUT2D eigenvalue weighted by Crippen LogP contribution is 2.24. The number of fused-ring (bicyclic) bond motifs is 1. The van der Waals surface area contributed by atoms with E-state index in [9.17, 15) is 4.79 Å². The minimum Gasteiger partial charge on any atom is -0.310 e. The number of hydrogen-bond donors (Lipinski definition) is 1. The van der Waals surface area contributed by atoms with Gasteiger partial charge in [-0.3, -0.25) is 9.20 Å². The molecule has 2 aromatic heterocycles. The predicted octanol–water partition coefficient (Wildman–Crippen LogP) is 0.878. The van der Waals surface area contributed by atoms with E-state index in [1.54, 1.807) is 16.7 Å². The predicted molar refractivity (Wildman–Crippen MR) is 78.8 cm³/mol. The number of hydrogen-bond acceptors (Lipinski definition) is 4. The van der Waals surface area contributed by atoms with Crippen LogP contribution in [0.4, 0.5) is 0 Å². The van der Waals surface area contributed by atoms with Gasteiger partial charge in [0.25, 0.3) is 5.56 Å². The van der Waals surface area contributed by atoms with Crippen LogP contribution in [0.25, 0.3) is 5.65 Å². The molecule has 0 amide bonds. The van der Waals surface area contributed by atoms with E-state index in [1.165, 1.54) is 12.8 Å². The van der Waals surface area contributed by atoms with E-state index in [4.69, 9.17) is 0 Å². The molecule has 2 heterocycles. The highest BCUT2D eigenvalue weighted by atomic mass is 16.1. The van der Waals surface area contributed by atoms with E-state index in [0.717, 1.165) is 24.8 Å². The number of nitrogens with one attached hydrogen (secondary N) is 1. The van der Waals surface area contributed by atoms with Gasteiger partial charge in [0.05, 0.1) is 5.69 Å². The van der Waals surface area contributed by atoms with Crippen LogP contribution in [-0.2, 0) is 6.54 Å². The van der Waals surface area contributed by atoms with Crippen molar-refractivity contribution in [1.82, 2.24) is 19.6 Å². The first-order valence-corrected chi connectivity index (χ1v) is 7.12. The Hall–Kier alpha value is -1.72. The van der Waals surface area contributed by atoms with Crippen LogP contribution in [0.2, 0.25) is 0 Å². The molecule has 5 heteroatoms. The maximum atomic E-state index is 11.9. The Morgan fingerprint density at radius 1 is 1.45 bits per heavy atom. The van der Waals surface area contributed by atoms with Crippen molar-refractivity contribution in [3.05, 3.63) is 46.5 Å². The minimum atomic E-state index is -0.0255. The van der Waals surface area contributed by atoms with Crippen molar-refractivity contribution in [2.45, 2.75) is 25.4 Å². The molecule has 0 spiro atoms. The third-order valence-electron chi connectivity index (χ3n) is 3.74. The van der Waals surface area contributed by atoms with Gasteiger partial charge in [-0.25, -0.2) is 4.98 Å². The van der Waals surface area contributed by atoms with Crippen molar-refractivity contribution in [2.75, 3.05) is 20.1 Å². The molecule has 0 aromatic carbocycles. The van der Waals surface area contributed by atoms with Gasteiger partial charge < -0.3 is 10.2 Å². The Labute approximate surface area is 118 Å². The molecule has 0 unspecified atom stereocenters. The van der Waals surface area contributed by atoms with Gasteiger partial charge in [-0.2, -0.15) is 0 Å². The van der Waals surface area contributed by atoms with Gasteiger partial charge in [0.15, 0.2) is 0 Å². The highest BCUT2D eigenvalue weighted by molar-refractivity contribution is 5.37. The van der Waals surface area contributed by atoms with Gasteiger partial charge in [-0.05, 0) is 32.0 Å². The lowest BCUT2D eigenvalue weighted by Gasteiger charge is -2.15. The summed E-state index contributed by atoms with van der Waals surface area (Å²) in [7, 11) is 2.17. The molecule has 20 heavy (non-hydrogen) atoms. The van der Waals surface area contributed by atoms with Gasteiger partial charge >= 0.3 is 0 Å². The van der Waals surface area contributed by atoms with Crippen LogP contribution in [0.3, 0.4) is 0 Å². The Bertz CT molecular complexity index is 648. The fourth-order valence-electron chi connectivity index (χ4n) is 2.36. The zero-order chi connectivity index (χ0) is 13.9. The smallest absolute Gasteiger partial charge is 0.258 e. The maximum Gasteiger partial charge on any atom is 0.258 e. The van der Waals surface area contributed by atoms with E-state index >= 15 is 0 Å². The molecule has 106 valence electrons. The summed E-state index contributed by atoms with van der Waals surface area (Å²) in [6.07, 6.45) is 4.41. The van der Waals surface area contributed by atoms with Gasteiger partial charge in [-0.15, -0.1) is 0 Å². The average Bonchev–Trinajstić information content (AvgIpc) is 3.28. The summed E-state index contributed by atoms with van der Waals surface area (Å²) in [5.41, 5.74) is 1.48. The van der Waals surface area contributed by atoms with E-state index in [-0.39, 0.29) is 5.56 Å². The first kappa shape index (κ1) is 13.3.